The number of carbonyl (C=O) groups is 4. The second kappa shape index (κ2) is 17.9. The standard InChI is InChI=1S/C27H41NO11/c1-8-13-34-25(30)37-19(6)16-28-21(24(29)33-7)14-20-11-12-22(38-26(31)35-17(4)9-2)23(15-20)39-27(32)36-18(5)10-3/h11-12,15,17-19,21,28H,8-10,13-14,16H2,1-7H3/t17?,18?,19?,21-/m0/s1. The molecule has 0 fully saturated rings. The zero-order valence-corrected chi connectivity index (χ0v) is 23.8. The molecular formula is C27H41NO11. The van der Waals surface area contributed by atoms with Crippen LogP contribution in [0.1, 0.15) is 66.4 Å². The first-order valence-corrected chi connectivity index (χ1v) is 13.1. The summed E-state index contributed by atoms with van der Waals surface area (Å²) >= 11 is 0. The molecule has 0 aliphatic rings. The third-order valence-corrected chi connectivity index (χ3v) is 5.44. The van der Waals surface area contributed by atoms with Crippen molar-refractivity contribution in [2.45, 2.75) is 91.6 Å². The molecule has 1 aromatic carbocycles. The van der Waals surface area contributed by atoms with E-state index >= 15 is 0 Å². The fourth-order valence-corrected chi connectivity index (χ4v) is 2.92. The van der Waals surface area contributed by atoms with Crippen LogP contribution in [0.5, 0.6) is 11.5 Å². The van der Waals surface area contributed by atoms with E-state index in [2.05, 4.69) is 5.32 Å². The van der Waals surface area contributed by atoms with Gasteiger partial charge in [0.2, 0.25) is 0 Å². The van der Waals surface area contributed by atoms with E-state index in [0.717, 1.165) is 0 Å². The van der Waals surface area contributed by atoms with Gasteiger partial charge in [-0.05, 0) is 64.2 Å². The van der Waals surface area contributed by atoms with Crippen LogP contribution >= 0.6 is 0 Å². The molecule has 220 valence electrons. The maximum absolute atomic E-state index is 12.4. The quantitative estimate of drug-likeness (QED) is 0.178. The Labute approximate surface area is 229 Å². The minimum atomic E-state index is -0.981. The maximum Gasteiger partial charge on any atom is 0.514 e. The van der Waals surface area contributed by atoms with Crippen LogP contribution < -0.4 is 14.8 Å². The Balaban J connectivity index is 3.06. The third-order valence-electron chi connectivity index (χ3n) is 5.44. The molecule has 0 radical (unpaired) electrons. The summed E-state index contributed by atoms with van der Waals surface area (Å²) in [5, 5.41) is 3.00. The fraction of sp³-hybridized carbons (Fsp3) is 0.630. The number of carbonyl (C=O) groups excluding carboxylic acids is 4. The number of nitrogens with one attached hydrogen (secondary N) is 1. The van der Waals surface area contributed by atoms with Gasteiger partial charge in [-0.3, -0.25) is 4.79 Å². The molecule has 0 spiro atoms. The summed E-state index contributed by atoms with van der Waals surface area (Å²) in [6.45, 7) is 11.0. The van der Waals surface area contributed by atoms with Gasteiger partial charge in [0.05, 0.1) is 13.7 Å². The van der Waals surface area contributed by atoms with Gasteiger partial charge in [0.15, 0.2) is 11.5 Å². The van der Waals surface area contributed by atoms with Gasteiger partial charge in [-0.1, -0.05) is 26.8 Å². The summed E-state index contributed by atoms with van der Waals surface area (Å²) in [5.74, 6) is -0.726. The number of ether oxygens (including phenoxy) is 7. The maximum atomic E-state index is 12.4. The smallest absolute Gasteiger partial charge is 0.468 e. The van der Waals surface area contributed by atoms with Gasteiger partial charge in [-0.15, -0.1) is 0 Å². The van der Waals surface area contributed by atoms with Gasteiger partial charge < -0.3 is 38.5 Å². The van der Waals surface area contributed by atoms with Gasteiger partial charge >= 0.3 is 24.4 Å². The van der Waals surface area contributed by atoms with E-state index in [1.165, 1.54) is 19.2 Å². The Bertz CT molecular complexity index is 936. The Morgan fingerprint density at radius 1 is 0.795 bits per heavy atom. The van der Waals surface area contributed by atoms with Crippen LogP contribution in [0.2, 0.25) is 0 Å². The van der Waals surface area contributed by atoms with Crippen LogP contribution in [0.3, 0.4) is 0 Å². The molecule has 1 rings (SSSR count). The zero-order valence-electron chi connectivity index (χ0n) is 23.8. The summed E-state index contributed by atoms with van der Waals surface area (Å²) in [4.78, 5) is 48.6. The van der Waals surface area contributed by atoms with E-state index in [9.17, 15) is 19.2 Å². The van der Waals surface area contributed by atoms with Gasteiger partial charge in [-0.25, -0.2) is 14.4 Å². The molecular weight excluding hydrogens is 514 g/mol. The Morgan fingerprint density at radius 3 is 1.90 bits per heavy atom. The molecule has 0 aliphatic heterocycles. The van der Waals surface area contributed by atoms with E-state index in [0.29, 0.717) is 24.8 Å². The molecule has 0 heterocycles. The molecule has 3 unspecified atom stereocenters. The average Bonchev–Trinajstić information content (AvgIpc) is 2.90. The lowest BCUT2D eigenvalue weighted by Crippen LogP contribution is -2.43. The second-order valence-electron chi connectivity index (χ2n) is 8.87. The van der Waals surface area contributed by atoms with E-state index < -0.39 is 42.7 Å². The van der Waals surface area contributed by atoms with E-state index in [-0.39, 0.29) is 37.2 Å². The van der Waals surface area contributed by atoms with Crippen molar-refractivity contribution in [3.63, 3.8) is 0 Å². The molecule has 0 saturated heterocycles. The molecule has 0 bridgehead atoms. The average molecular weight is 556 g/mol. The van der Waals surface area contributed by atoms with Gasteiger partial charge in [0.25, 0.3) is 0 Å². The van der Waals surface area contributed by atoms with Crippen molar-refractivity contribution in [1.29, 1.82) is 0 Å². The highest BCUT2D eigenvalue weighted by atomic mass is 16.8. The SMILES string of the molecule is CCCOC(=O)OC(C)CN[C@@H](Cc1ccc(OC(=O)OC(C)CC)c(OC(=O)OC(C)CC)c1)C(=O)OC. The third kappa shape index (κ3) is 13.2. The molecule has 39 heavy (non-hydrogen) atoms. The van der Waals surface area contributed by atoms with Crippen molar-refractivity contribution < 1.29 is 52.3 Å². The van der Waals surface area contributed by atoms with Crippen molar-refractivity contribution in [3.05, 3.63) is 23.8 Å². The second-order valence-corrected chi connectivity index (χ2v) is 8.87. The van der Waals surface area contributed by atoms with Gasteiger partial charge in [0, 0.05) is 6.54 Å². The minimum absolute atomic E-state index is 0.0663. The molecule has 0 aliphatic carbocycles. The summed E-state index contributed by atoms with van der Waals surface area (Å²) in [6.07, 6.45) is -2.17. The predicted molar refractivity (Wildman–Crippen MR) is 140 cm³/mol. The Morgan fingerprint density at radius 2 is 1.36 bits per heavy atom. The normalized spacial score (nSPS) is 13.7. The van der Waals surface area contributed by atoms with Crippen LogP contribution in [0.15, 0.2) is 18.2 Å². The summed E-state index contributed by atoms with van der Waals surface area (Å²) in [5.41, 5.74) is 0.544. The van der Waals surface area contributed by atoms with E-state index in [1.807, 2.05) is 20.8 Å². The molecule has 12 nitrogen and oxygen atoms in total. The van der Waals surface area contributed by atoms with Crippen molar-refractivity contribution in [2.24, 2.45) is 0 Å². The van der Waals surface area contributed by atoms with Crippen molar-refractivity contribution in [2.75, 3.05) is 20.3 Å². The molecule has 12 heteroatoms. The molecule has 0 amide bonds. The number of rotatable bonds is 15. The first-order chi connectivity index (χ1) is 18.5. The van der Waals surface area contributed by atoms with Gasteiger partial charge in [0.1, 0.15) is 24.4 Å². The van der Waals surface area contributed by atoms with Crippen molar-refractivity contribution in [3.8, 4) is 11.5 Å². The van der Waals surface area contributed by atoms with E-state index in [4.69, 9.17) is 33.2 Å². The van der Waals surface area contributed by atoms with Crippen LogP contribution in [0, 0.1) is 0 Å². The van der Waals surface area contributed by atoms with Crippen LogP contribution in [0.25, 0.3) is 0 Å². The molecule has 1 N–H and O–H groups in total. The summed E-state index contributed by atoms with van der Waals surface area (Å²) in [6, 6.07) is 3.62. The van der Waals surface area contributed by atoms with Crippen LogP contribution in [0.4, 0.5) is 14.4 Å². The fourth-order valence-electron chi connectivity index (χ4n) is 2.92. The first kappa shape index (κ1) is 33.5. The Hall–Kier alpha value is -3.54. The predicted octanol–water partition coefficient (Wildman–Crippen LogP) is 4.94. The van der Waals surface area contributed by atoms with E-state index in [1.54, 1.807) is 26.8 Å². The number of esters is 1. The highest BCUT2D eigenvalue weighted by Crippen LogP contribution is 2.30. The van der Waals surface area contributed by atoms with Crippen molar-refractivity contribution in [1.82, 2.24) is 5.32 Å². The number of hydrogen-bond acceptors (Lipinski definition) is 12. The minimum Gasteiger partial charge on any atom is -0.468 e. The molecule has 4 atom stereocenters. The zero-order chi connectivity index (χ0) is 29.4. The summed E-state index contributed by atoms with van der Waals surface area (Å²) in [7, 11) is 1.25. The lowest BCUT2D eigenvalue weighted by atomic mass is 10.0. The van der Waals surface area contributed by atoms with Crippen LogP contribution in [-0.4, -0.2) is 69.1 Å². The number of benzene rings is 1. The first-order valence-electron chi connectivity index (χ1n) is 13.1. The largest absolute Gasteiger partial charge is 0.514 e. The molecule has 0 saturated carbocycles. The van der Waals surface area contributed by atoms with Gasteiger partial charge in [-0.2, -0.15) is 0 Å². The molecule has 1 aromatic rings. The van der Waals surface area contributed by atoms with Crippen LogP contribution in [-0.2, 0) is 34.9 Å². The Kier molecular flexibility index (Phi) is 15.3. The highest BCUT2D eigenvalue weighted by Gasteiger charge is 2.24. The monoisotopic (exact) mass is 555 g/mol. The van der Waals surface area contributed by atoms with Crippen molar-refractivity contribution >= 4 is 24.4 Å². The topological polar surface area (TPSA) is 145 Å². The lowest BCUT2D eigenvalue weighted by molar-refractivity contribution is -0.143. The number of hydrogen-bond donors (Lipinski definition) is 1. The lowest BCUT2D eigenvalue weighted by Gasteiger charge is -2.20. The summed E-state index contributed by atoms with van der Waals surface area (Å²) < 4.78 is 35.9. The highest BCUT2D eigenvalue weighted by molar-refractivity contribution is 5.76. The molecule has 0 aromatic heterocycles. The number of methoxy groups -OCH3 is 1.